The van der Waals surface area contributed by atoms with Gasteiger partial charge < -0.3 is 33.2 Å². The fraction of sp³-hybridized carbons (Fsp3) is 0.884. The summed E-state index contributed by atoms with van der Waals surface area (Å²) in [5, 5.41) is 0. The number of ketones is 1. The van der Waals surface area contributed by atoms with Crippen LogP contribution in [0.1, 0.15) is 189 Å². The van der Waals surface area contributed by atoms with Crippen molar-refractivity contribution in [3.05, 3.63) is 0 Å². The van der Waals surface area contributed by atoms with Crippen LogP contribution in [-0.4, -0.2) is 78.5 Å². The zero-order chi connectivity index (χ0) is 39.3. The number of unbranched alkanes of at least 4 members (excludes halogenated alkanes) is 11. The number of Topliss-reactive ketones (excluding diaryl/α,β-unsaturated/α-hetero) is 1. The fourth-order valence-corrected chi connectivity index (χ4v) is 8.55. The third-order valence-corrected chi connectivity index (χ3v) is 11.2. The second-order valence-corrected chi connectivity index (χ2v) is 16.2. The molecule has 3 fully saturated rings. The fourth-order valence-electron chi connectivity index (χ4n) is 8.55. The molecule has 2 unspecified atom stereocenters. The largest absolute Gasteiger partial charge is 0.462 e. The Hall–Kier alpha value is -2.53. The highest BCUT2D eigenvalue weighted by molar-refractivity contribution is 5.83. The van der Waals surface area contributed by atoms with E-state index < -0.39 is 12.2 Å². The molecule has 0 aromatic carbocycles. The van der Waals surface area contributed by atoms with Gasteiger partial charge in [0, 0.05) is 27.2 Å². The summed E-state index contributed by atoms with van der Waals surface area (Å²) in [6, 6.07) is 0. The van der Waals surface area contributed by atoms with Crippen LogP contribution in [0.25, 0.3) is 0 Å². The number of esters is 4. The molecule has 11 nitrogen and oxygen atoms in total. The van der Waals surface area contributed by atoms with Crippen molar-refractivity contribution in [2.75, 3.05) is 0 Å². The molecule has 0 spiro atoms. The molecule has 0 N–H and O–H groups in total. The first-order valence-corrected chi connectivity index (χ1v) is 21.5. The molecular formula is C43H72O11. The Balaban J connectivity index is 1.40. The highest BCUT2D eigenvalue weighted by Crippen LogP contribution is 2.34. The first kappa shape index (κ1) is 45.9. The van der Waals surface area contributed by atoms with Gasteiger partial charge in [0.15, 0.2) is 0 Å². The van der Waals surface area contributed by atoms with Gasteiger partial charge >= 0.3 is 23.9 Å². The Bertz CT molecular complexity index is 1140. The number of carbonyl (C=O) groups excluding carboxylic acids is 5. The molecule has 0 saturated carbocycles. The molecule has 3 rings (SSSR count). The van der Waals surface area contributed by atoms with Crippen molar-refractivity contribution in [3.63, 3.8) is 0 Å². The van der Waals surface area contributed by atoms with E-state index in [9.17, 15) is 24.0 Å². The highest BCUT2D eigenvalue weighted by Gasteiger charge is 2.40. The van der Waals surface area contributed by atoms with Crippen LogP contribution in [0.4, 0.5) is 0 Å². The molecule has 0 aromatic heterocycles. The van der Waals surface area contributed by atoms with E-state index in [1.807, 2.05) is 0 Å². The van der Waals surface area contributed by atoms with Crippen LogP contribution >= 0.6 is 0 Å². The Kier molecular flexibility index (Phi) is 21.7. The van der Waals surface area contributed by atoms with Gasteiger partial charge in [-0.2, -0.15) is 0 Å². The number of ether oxygens (including phenoxy) is 6. The van der Waals surface area contributed by atoms with Gasteiger partial charge in [-0.3, -0.25) is 19.2 Å². The first-order chi connectivity index (χ1) is 25.9. The van der Waals surface area contributed by atoms with Crippen molar-refractivity contribution < 1.29 is 52.4 Å². The molecule has 3 aliphatic rings. The van der Waals surface area contributed by atoms with Gasteiger partial charge in [-0.25, -0.2) is 0 Å². The number of hydrogen-bond donors (Lipinski definition) is 0. The molecule has 11 heteroatoms. The van der Waals surface area contributed by atoms with E-state index in [1.54, 1.807) is 0 Å². The van der Waals surface area contributed by atoms with Crippen LogP contribution in [0.5, 0.6) is 0 Å². The normalized spacial score (nSPS) is 25.5. The number of hydrogen-bond acceptors (Lipinski definition) is 11. The van der Waals surface area contributed by atoms with E-state index in [1.165, 1.54) is 66.2 Å². The van der Waals surface area contributed by atoms with Crippen LogP contribution in [0.3, 0.4) is 0 Å². The number of cyclic esters (lactones) is 1. The minimum Gasteiger partial charge on any atom is -0.462 e. The van der Waals surface area contributed by atoms with Crippen LogP contribution < -0.4 is 0 Å². The zero-order valence-electron chi connectivity index (χ0n) is 34.2. The van der Waals surface area contributed by atoms with E-state index in [0.717, 1.165) is 83.5 Å². The Morgan fingerprint density at radius 3 is 1.54 bits per heavy atom. The Morgan fingerprint density at radius 1 is 0.574 bits per heavy atom. The second kappa shape index (κ2) is 25.6. The Labute approximate surface area is 325 Å². The molecule has 9 atom stereocenters. The lowest BCUT2D eigenvalue weighted by molar-refractivity contribution is -0.167. The van der Waals surface area contributed by atoms with Gasteiger partial charge in [-0.05, 0) is 84.0 Å². The molecule has 0 aromatic rings. The second-order valence-electron chi connectivity index (χ2n) is 16.2. The minimum absolute atomic E-state index is 0.0322. The molecule has 310 valence electrons. The summed E-state index contributed by atoms with van der Waals surface area (Å²) in [7, 11) is 0. The van der Waals surface area contributed by atoms with Crippen molar-refractivity contribution in [1.29, 1.82) is 0 Å². The van der Waals surface area contributed by atoms with E-state index in [0.29, 0.717) is 25.7 Å². The van der Waals surface area contributed by atoms with E-state index >= 15 is 0 Å². The van der Waals surface area contributed by atoms with Crippen LogP contribution in [0.15, 0.2) is 0 Å². The average molecular weight is 765 g/mol. The highest BCUT2D eigenvalue weighted by atomic mass is 16.6. The maximum absolute atomic E-state index is 12.2. The summed E-state index contributed by atoms with van der Waals surface area (Å²) in [5.74, 6) is -1.52. The average Bonchev–Trinajstić information content (AvgIpc) is 3.86. The number of carbonyl (C=O) groups is 5. The molecular weight excluding hydrogens is 692 g/mol. The maximum Gasteiger partial charge on any atom is 0.309 e. The summed E-state index contributed by atoms with van der Waals surface area (Å²) in [5.41, 5.74) is 0. The van der Waals surface area contributed by atoms with Crippen molar-refractivity contribution in [2.24, 2.45) is 5.92 Å². The lowest BCUT2D eigenvalue weighted by Crippen LogP contribution is -2.37. The molecule has 0 amide bonds. The van der Waals surface area contributed by atoms with Gasteiger partial charge in [0.05, 0.1) is 30.3 Å². The topological polar surface area (TPSA) is 141 Å². The van der Waals surface area contributed by atoms with Crippen LogP contribution in [0.2, 0.25) is 0 Å². The predicted molar refractivity (Wildman–Crippen MR) is 205 cm³/mol. The summed E-state index contributed by atoms with van der Waals surface area (Å²) in [6.45, 7) is 7.99. The maximum atomic E-state index is 12.2. The summed E-state index contributed by atoms with van der Waals surface area (Å²) < 4.78 is 35.7. The molecule has 3 heterocycles. The van der Waals surface area contributed by atoms with Crippen molar-refractivity contribution in [1.82, 2.24) is 0 Å². The summed E-state index contributed by atoms with van der Waals surface area (Å²) >= 11 is 0. The van der Waals surface area contributed by atoms with E-state index in [2.05, 4.69) is 6.92 Å². The van der Waals surface area contributed by atoms with Gasteiger partial charge in [0.2, 0.25) is 0 Å². The molecule has 54 heavy (non-hydrogen) atoms. The lowest BCUT2D eigenvalue weighted by Gasteiger charge is -2.29. The van der Waals surface area contributed by atoms with E-state index in [4.69, 9.17) is 28.4 Å². The summed E-state index contributed by atoms with van der Waals surface area (Å²) in [6.07, 6.45) is 20.5. The van der Waals surface area contributed by atoms with Crippen molar-refractivity contribution in [2.45, 2.75) is 238 Å². The van der Waals surface area contributed by atoms with Gasteiger partial charge in [-0.15, -0.1) is 0 Å². The number of rotatable bonds is 28. The third kappa shape index (κ3) is 17.9. The van der Waals surface area contributed by atoms with Crippen LogP contribution in [-0.2, 0) is 52.4 Å². The molecule has 0 radical (unpaired) electrons. The molecule has 0 bridgehead atoms. The third-order valence-electron chi connectivity index (χ3n) is 11.2. The van der Waals surface area contributed by atoms with Crippen molar-refractivity contribution >= 4 is 29.7 Å². The smallest absolute Gasteiger partial charge is 0.309 e. The quantitative estimate of drug-likeness (QED) is 0.0429. The molecule has 0 aliphatic carbocycles. The van der Waals surface area contributed by atoms with Crippen molar-refractivity contribution in [3.8, 4) is 0 Å². The standard InChI is InChI=1S/C43H72O11/c1-6-7-8-9-10-11-15-18-21-37(49-31(3)45)41-26-27-42(54-41)39(51-33(5)47)25-24-38(50-32(4)46)40-23-22-35(52-40)19-16-13-12-14-17-20-36-29-34(28-30(2)44)43(48)53-36/h34-42H,6-29H2,1-5H3/t34?,35-,36?,37+,38+,39-,40+,41-,42-/m1/s1. The predicted octanol–water partition coefficient (Wildman–Crippen LogP) is 8.83. The minimum atomic E-state index is -0.508. The lowest BCUT2D eigenvalue weighted by atomic mass is 9.96. The van der Waals surface area contributed by atoms with Gasteiger partial charge in [0.1, 0.15) is 30.2 Å². The molecule has 3 saturated heterocycles. The monoisotopic (exact) mass is 765 g/mol. The van der Waals surface area contributed by atoms with Gasteiger partial charge in [0.25, 0.3) is 0 Å². The van der Waals surface area contributed by atoms with E-state index in [-0.39, 0.29) is 78.6 Å². The zero-order valence-corrected chi connectivity index (χ0v) is 34.2. The summed E-state index contributed by atoms with van der Waals surface area (Å²) in [4.78, 5) is 59.7. The first-order valence-electron chi connectivity index (χ1n) is 21.5. The van der Waals surface area contributed by atoms with Crippen LogP contribution in [0, 0.1) is 5.92 Å². The molecule has 3 aliphatic heterocycles. The Morgan fingerprint density at radius 2 is 1.02 bits per heavy atom. The SMILES string of the molecule is CCCCCCCCCC[C@H](OC(C)=O)[C@H]1CC[C@H]([C@@H](CC[C@H](OC(C)=O)[C@@H]2CC[C@@H](CCCCCCCC3CC(CC(C)=O)C(=O)O3)O2)OC(C)=O)O1. The van der Waals surface area contributed by atoms with Gasteiger partial charge in [-0.1, -0.05) is 77.6 Å².